The molecule has 92 valence electrons. The van der Waals surface area contributed by atoms with E-state index in [2.05, 4.69) is 4.98 Å². The summed E-state index contributed by atoms with van der Waals surface area (Å²) >= 11 is 0. The molecule has 0 saturated heterocycles. The second-order valence-electron chi connectivity index (χ2n) is 4.12. The number of carbonyl (C=O) groups excluding carboxylic acids is 1. The quantitative estimate of drug-likeness (QED) is 0.769. The number of carbonyl (C=O) groups is 1. The third-order valence-electron chi connectivity index (χ3n) is 2.93. The third kappa shape index (κ3) is 1.84. The molecule has 0 radical (unpaired) electrons. The summed E-state index contributed by atoms with van der Waals surface area (Å²) in [7, 11) is 1.87. The molecule has 0 amide bonds. The number of hydrogen-bond acceptors (Lipinski definition) is 4. The van der Waals surface area contributed by atoms with Crippen LogP contribution in [0.1, 0.15) is 16.2 Å². The molecular weight excluding hydrogens is 232 g/mol. The molecule has 0 N–H and O–H groups in total. The van der Waals surface area contributed by atoms with Crippen LogP contribution in [-0.4, -0.2) is 22.1 Å². The number of aryl methyl sites for hydroxylation is 1. The molecule has 2 heterocycles. The number of nitrogens with zero attached hydrogens (tertiary/aromatic N) is 2. The van der Waals surface area contributed by atoms with Crippen molar-refractivity contribution in [2.75, 3.05) is 6.79 Å². The smallest absolute Gasteiger partial charge is 0.231 e. The summed E-state index contributed by atoms with van der Waals surface area (Å²) in [5.74, 6) is 2.07. The van der Waals surface area contributed by atoms with Gasteiger partial charge in [-0.05, 0) is 18.2 Å². The second kappa shape index (κ2) is 4.18. The number of fused-ring (bicyclic) bond motifs is 1. The summed E-state index contributed by atoms with van der Waals surface area (Å²) in [6, 6.07) is 5.22. The molecule has 3 rings (SSSR count). The van der Waals surface area contributed by atoms with Crippen molar-refractivity contribution in [1.82, 2.24) is 9.55 Å². The van der Waals surface area contributed by atoms with E-state index in [0.29, 0.717) is 17.1 Å². The number of imidazole rings is 1. The topological polar surface area (TPSA) is 53.4 Å². The third-order valence-corrected chi connectivity index (χ3v) is 2.93. The Bertz CT molecular complexity index is 604. The van der Waals surface area contributed by atoms with Crippen LogP contribution in [0.2, 0.25) is 0 Å². The first-order valence-corrected chi connectivity index (χ1v) is 5.63. The maximum Gasteiger partial charge on any atom is 0.231 e. The van der Waals surface area contributed by atoms with Gasteiger partial charge in [-0.1, -0.05) is 0 Å². The largest absolute Gasteiger partial charge is 0.454 e. The van der Waals surface area contributed by atoms with Crippen molar-refractivity contribution in [3.8, 4) is 11.5 Å². The highest BCUT2D eigenvalue weighted by molar-refractivity contribution is 5.97. The molecule has 0 saturated carbocycles. The lowest BCUT2D eigenvalue weighted by atomic mass is 10.1. The average Bonchev–Trinajstić information content (AvgIpc) is 2.98. The predicted molar refractivity (Wildman–Crippen MR) is 63.8 cm³/mol. The minimum Gasteiger partial charge on any atom is -0.454 e. The molecule has 0 aliphatic carbocycles. The molecule has 0 bridgehead atoms. The van der Waals surface area contributed by atoms with Gasteiger partial charge >= 0.3 is 0 Å². The standard InChI is InChI=1S/C13H12N2O3/c1-15-5-4-14-13(15)7-10(16)9-2-3-11-12(6-9)18-8-17-11/h2-6H,7-8H2,1H3. The van der Waals surface area contributed by atoms with E-state index in [1.807, 2.05) is 17.8 Å². The van der Waals surface area contributed by atoms with Crippen molar-refractivity contribution in [2.24, 2.45) is 7.05 Å². The van der Waals surface area contributed by atoms with E-state index in [0.717, 1.165) is 5.82 Å². The van der Waals surface area contributed by atoms with Crippen LogP contribution >= 0.6 is 0 Å². The van der Waals surface area contributed by atoms with Gasteiger partial charge in [0.05, 0.1) is 6.42 Å². The van der Waals surface area contributed by atoms with Crippen LogP contribution in [0, 0.1) is 0 Å². The normalized spacial score (nSPS) is 12.7. The molecule has 0 atom stereocenters. The van der Waals surface area contributed by atoms with E-state index in [1.165, 1.54) is 0 Å². The Hall–Kier alpha value is -2.30. The van der Waals surface area contributed by atoms with Crippen LogP contribution in [0.4, 0.5) is 0 Å². The zero-order valence-electron chi connectivity index (χ0n) is 9.92. The number of ketones is 1. The zero-order valence-corrected chi connectivity index (χ0v) is 9.92. The lowest BCUT2D eigenvalue weighted by Crippen LogP contribution is -2.08. The summed E-state index contributed by atoms with van der Waals surface area (Å²) in [6.07, 6.45) is 3.79. The SMILES string of the molecule is Cn1ccnc1CC(=O)c1ccc2c(c1)OCO2. The van der Waals surface area contributed by atoms with Crippen LogP contribution in [0.3, 0.4) is 0 Å². The second-order valence-corrected chi connectivity index (χ2v) is 4.12. The van der Waals surface area contributed by atoms with Crippen molar-refractivity contribution in [3.63, 3.8) is 0 Å². The summed E-state index contributed by atoms with van der Waals surface area (Å²) < 4.78 is 12.3. The van der Waals surface area contributed by atoms with Gasteiger partial charge < -0.3 is 14.0 Å². The van der Waals surface area contributed by atoms with Crippen molar-refractivity contribution in [1.29, 1.82) is 0 Å². The highest BCUT2D eigenvalue weighted by Gasteiger charge is 2.17. The fourth-order valence-electron chi connectivity index (χ4n) is 1.88. The molecule has 0 unspecified atom stereocenters. The van der Waals surface area contributed by atoms with Gasteiger partial charge in [0.25, 0.3) is 0 Å². The first kappa shape index (κ1) is 10.8. The molecule has 1 aromatic heterocycles. The molecule has 5 nitrogen and oxygen atoms in total. The lowest BCUT2D eigenvalue weighted by molar-refractivity contribution is 0.0989. The number of benzene rings is 1. The average molecular weight is 244 g/mol. The van der Waals surface area contributed by atoms with Crippen molar-refractivity contribution >= 4 is 5.78 Å². The van der Waals surface area contributed by atoms with Crippen LogP contribution in [0.25, 0.3) is 0 Å². The number of aromatic nitrogens is 2. The maximum absolute atomic E-state index is 12.1. The molecular formula is C13H12N2O3. The van der Waals surface area contributed by atoms with E-state index in [9.17, 15) is 4.79 Å². The number of rotatable bonds is 3. The highest BCUT2D eigenvalue weighted by Crippen LogP contribution is 2.32. The molecule has 1 aromatic carbocycles. The minimum atomic E-state index is 0.0163. The van der Waals surface area contributed by atoms with Gasteiger partial charge in [-0.2, -0.15) is 0 Å². The molecule has 0 fully saturated rings. The lowest BCUT2D eigenvalue weighted by Gasteiger charge is -2.03. The Morgan fingerprint density at radius 3 is 3.00 bits per heavy atom. The fraction of sp³-hybridized carbons (Fsp3) is 0.231. The van der Waals surface area contributed by atoms with Crippen LogP contribution < -0.4 is 9.47 Å². The van der Waals surface area contributed by atoms with Crippen molar-refractivity contribution in [2.45, 2.75) is 6.42 Å². The zero-order chi connectivity index (χ0) is 12.5. The van der Waals surface area contributed by atoms with E-state index in [4.69, 9.17) is 9.47 Å². The van der Waals surface area contributed by atoms with Gasteiger partial charge in [-0.3, -0.25) is 4.79 Å². The van der Waals surface area contributed by atoms with Gasteiger partial charge in [0.2, 0.25) is 6.79 Å². The van der Waals surface area contributed by atoms with E-state index in [-0.39, 0.29) is 19.0 Å². The predicted octanol–water partition coefficient (Wildman–Crippen LogP) is 1.57. The Morgan fingerprint density at radius 1 is 1.39 bits per heavy atom. The highest BCUT2D eigenvalue weighted by atomic mass is 16.7. The van der Waals surface area contributed by atoms with Crippen LogP contribution in [0.15, 0.2) is 30.6 Å². The van der Waals surface area contributed by atoms with E-state index >= 15 is 0 Å². The van der Waals surface area contributed by atoms with Gasteiger partial charge in [-0.15, -0.1) is 0 Å². The Labute approximate surface area is 104 Å². The summed E-state index contributed by atoms with van der Waals surface area (Å²) in [6.45, 7) is 0.215. The maximum atomic E-state index is 12.1. The monoisotopic (exact) mass is 244 g/mol. The number of ether oxygens (including phenoxy) is 2. The Balaban J connectivity index is 1.83. The van der Waals surface area contributed by atoms with Crippen LogP contribution in [-0.2, 0) is 13.5 Å². The number of hydrogen-bond donors (Lipinski definition) is 0. The first-order chi connectivity index (χ1) is 8.74. The van der Waals surface area contributed by atoms with E-state index < -0.39 is 0 Å². The first-order valence-electron chi connectivity index (χ1n) is 5.63. The molecule has 1 aliphatic heterocycles. The molecule has 2 aromatic rings. The van der Waals surface area contributed by atoms with E-state index in [1.54, 1.807) is 24.4 Å². The number of Topliss-reactive ketones (excluding diaryl/α,β-unsaturated/α-hetero) is 1. The summed E-state index contributed by atoms with van der Waals surface area (Å²) in [4.78, 5) is 16.3. The molecule has 18 heavy (non-hydrogen) atoms. The van der Waals surface area contributed by atoms with Gasteiger partial charge in [0, 0.05) is 25.0 Å². The Kier molecular flexibility index (Phi) is 2.51. The minimum absolute atomic E-state index is 0.0163. The Morgan fingerprint density at radius 2 is 2.22 bits per heavy atom. The van der Waals surface area contributed by atoms with Crippen LogP contribution in [0.5, 0.6) is 11.5 Å². The fourth-order valence-corrected chi connectivity index (χ4v) is 1.88. The van der Waals surface area contributed by atoms with Crippen molar-refractivity contribution < 1.29 is 14.3 Å². The molecule has 5 heteroatoms. The summed E-state index contributed by atoms with van der Waals surface area (Å²) in [5, 5.41) is 0. The van der Waals surface area contributed by atoms with Gasteiger partial charge in [0.1, 0.15) is 5.82 Å². The molecule has 0 spiro atoms. The van der Waals surface area contributed by atoms with Gasteiger partial charge in [-0.25, -0.2) is 4.98 Å². The molecule has 1 aliphatic rings. The van der Waals surface area contributed by atoms with Crippen molar-refractivity contribution in [3.05, 3.63) is 42.0 Å². The summed E-state index contributed by atoms with van der Waals surface area (Å²) in [5.41, 5.74) is 0.613. The van der Waals surface area contributed by atoms with Gasteiger partial charge in [0.15, 0.2) is 17.3 Å².